The number of nitrogens with one attached hydrogen (secondary N) is 1. The van der Waals surface area contributed by atoms with Crippen molar-refractivity contribution in [2.75, 3.05) is 36.4 Å². The number of anilines is 2. The third-order valence-corrected chi connectivity index (χ3v) is 5.05. The van der Waals surface area contributed by atoms with Gasteiger partial charge in [-0.15, -0.1) is 5.10 Å². The fraction of sp³-hybridized carbons (Fsp3) is 0.227. The van der Waals surface area contributed by atoms with Gasteiger partial charge in [0.1, 0.15) is 11.6 Å². The predicted molar refractivity (Wildman–Crippen MR) is 114 cm³/mol. The molecule has 0 spiro atoms. The lowest BCUT2D eigenvalue weighted by atomic mass is 10.2. The van der Waals surface area contributed by atoms with Crippen LogP contribution in [0.2, 0.25) is 0 Å². The molecule has 154 valence electrons. The van der Waals surface area contributed by atoms with Gasteiger partial charge in [0.2, 0.25) is 0 Å². The van der Waals surface area contributed by atoms with Gasteiger partial charge in [-0.05, 0) is 49.4 Å². The van der Waals surface area contributed by atoms with Crippen molar-refractivity contribution in [3.63, 3.8) is 0 Å². The minimum absolute atomic E-state index is 0.136. The Kier molecular flexibility index (Phi) is 5.47. The molecular weight excluding hydrogens is 385 g/mol. The summed E-state index contributed by atoms with van der Waals surface area (Å²) in [7, 11) is 0. The average Bonchev–Trinajstić information content (AvgIpc) is 2.76. The number of hydrogen-bond donors (Lipinski definition) is 1. The zero-order valence-electron chi connectivity index (χ0n) is 16.6. The number of benzene rings is 2. The Balaban J connectivity index is 1.42. The number of aryl methyl sites for hydroxylation is 1. The molecule has 2 amide bonds. The minimum Gasteiger partial charge on any atom is -0.352 e. The molecule has 1 N–H and O–H groups in total. The number of rotatable bonds is 3. The number of piperazine rings is 1. The number of amides is 2. The van der Waals surface area contributed by atoms with E-state index in [1.165, 1.54) is 35.0 Å². The summed E-state index contributed by atoms with van der Waals surface area (Å²) in [6, 6.07) is 16.3. The standard InChI is InChI=1S/C22H22FN5O2/c1-16-2-6-18(7-3-16)24-22(30)27-14-12-26(13-15-27)20-10-11-21(29)28(25-20)19-8-4-17(23)5-9-19/h2-11H,12-15H2,1H3,(H,24,30). The molecule has 7 nitrogen and oxygen atoms in total. The van der Waals surface area contributed by atoms with E-state index in [0.717, 1.165) is 11.3 Å². The molecule has 0 aliphatic carbocycles. The first-order chi connectivity index (χ1) is 14.5. The molecule has 4 rings (SSSR count). The summed E-state index contributed by atoms with van der Waals surface area (Å²) in [5.41, 5.74) is 2.11. The lowest BCUT2D eigenvalue weighted by Gasteiger charge is -2.35. The molecule has 2 heterocycles. The number of urea groups is 1. The van der Waals surface area contributed by atoms with Crippen molar-refractivity contribution >= 4 is 17.5 Å². The largest absolute Gasteiger partial charge is 0.352 e. The van der Waals surface area contributed by atoms with Crippen molar-refractivity contribution in [2.24, 2.45) is 0 Å². The van der Waals surface area contributed by atoms with Crippen molar-refractivity contribution in [1.29, 1.82) is 0 Å². The number of carbonyl (C=O) groups is 1. The fourth-order valence-corrected chi connectivity index (χ4v) is 3.32. The molecule has 1 aliphatic heterocycles. The maximum absolute atomic E-state index is 13.2. The van der Waals surface area contributed by atoms with Gasteiger partial charge in [-0.3, -0.25) is 4.79 Å². The van der Waals surface area contributed by atoms with Gasteiger partial charge in [-0.2, -0.15) is 4.68 Å². The first-order valence-corrected chi connectivity index (χ1v) is 9.73. The normalized spacial score (nSPS) is 13.9. The second-order valence-corrected chi connectivity index (χ2v) is 7.19. The average molecular weight is 407 g/mol. The molecule has 0 unspecified atom stereocenters. The SMILES string of the molecule is Cc1ccc(NC(=O)N2CCN(c3ccc(=O)n(-c4ccc(F)cc4)n3)CC2)cc1. The summed E-state index contributed by atoms with van der Waals surface area (Å²) in [5.74, 6) is 0.264. The number of hydrogen-bond acceptors (Lipinski definition) is 4. The maximum Gasteiger partial charge on any atom is 0.321 e. The van der Waals surface area contributed by atoms with Crippen LogP contribution in [0.15, 0.2) is 65.5 Å². The van der Waals surface area contributed by atoms with Crippen LogP contribution in [-0.4, -0.2) is 46.9 Å². The van der Waals surface area contributed by atoms with Gasteiger partial charge < -0.3 is 15.1 Å². The Bertz CT molecular complexity index is 1090. The highest BCUT2D eigenvalue weighted by atomic mass is 19.1. The van der Waals surface area contributed by atoms with Crippen molar-refractivity contribution in [1.82, 2.24) is 14.7 Å². The van der Waals surface area contributed by atoms with E-state index in [1.807, 2.05) is 36.1 Å². The molecule has 1 saturated heterocycles. The first-order valence-electron chi connectivity index (χ1n) is 9.73. The molecule has 0 bridgehead atoms. The zero-order valence-corrected chi connectivity index (χ0v) is 16.6. The molecule has 8 heteroatoms. The lowest BCUT2D eigenvalue weighted by molar-refractivity contribution is 0.208. The van der Waals surface area contributed by atoms with Crippen LogP contribution in [0.5, 0.6) is 0 Å². The van der Waals surface area contributed by atoms with Gasteiger partial charge in [0.25, 0.3) is 5.56 Å². The Morgan fingerprint density at radius 2 is 1.60 bits per heavy atom. The van der Waals surface area contributed by atoms with Gasteiger partial charge in [0, 0.05) is 37.9 Å². The van der Waals surface area contributed by atoms with E-state index in [4.69, 9.17) is 0 Å². The molecule has 1 aromatic heterocycles. The van der Waals surface area contributed by atoms with E-state index in [-0.39, 0.29) is 17.4 Å². The second-order valence-electron chi connectivity index (χ2n) is 7.19. The first kappa shape index (κ1) is 19.6. The fourth-order valence-electron chi connectivity index (χ4n) is 3.32. The highest BCUT2D eigenvalue weighted by molar-refractivity contribution is 5.89. The molecule has 1 fully saturated rings. The van der Waals surface area contributed by atoms with Crippen molar-refractivity contribution in [3.8, 4) is 5.69 Å². The summed E-state index contributed by atoms with van der Waals surface area (Å²) in [5, 5.41) is 7.34. The summed E-state index contributed by atoms with van der Waals surface area (Å²) < 4.78 is 14.4. The Labute approximate surface area is 173 Å². The molecular formula is C22H22FN5O2. The number of aromatic nitrogens is 2. The van der Waals surface area contributed by atoms with Crippen LogP contribution in [0.25, 0.3) is 5.69 Å². The lowest BCUT2D eigenvalue weighted by Crippen LogP contribution is -2.50. The monoisotopic (exact) mass is 407 g/mol. The van der Waals surface area contributed by atoms with E-state index in [2.05, 4.69) is 10.4 Å². The van der Waals surface area contributed by atoms with E-state index < -0.39 is 0 Å². The summed E-state index contributed by atoms with van der Waals surface area (Å²) in [6.07, 6.45) is 0. The number of nitrogens with zero attached hydrogens (tertiary/aromatic N) is 4. The third-order valence-electron chi connectivity index (χ3n) is 5.05. The Hall–Kier alpha value is -3.68. The topological polar surface area (TPSA) is 70.5 Å². The van der Waals surface area contributed by atoms with E-state index >= 15 is 0 Å². The summed E-state index contributed by atoms with van der Waals surface area (Å²) in [4.78, 5) is 28.5. The van der Waals surface area contributed by atoms with Gasteiger partial charge >= 0.3 is 6.03 Å². The molecule has 2 aromatic carbocycles. The van der Waals surface area contributed by atoms with Crippen LogP contribution >= 0.6 is 0 Å². The van der Waals surface area contributed by atoms with Crippen LogP contribution in [0.1, 0.15) is 5.56 Å². The van der Waals surface area contributed by atoms with Gasteiger partial charge in [-0.25, -0.2) is 9.18 Å². The highest BCUT2D eigenvalue weighted by Gasteiger charge is 2.22. The van der Waals surface area contributed by atoms with Gasteiger partial charge in [0.15, 0.2) is 0 Å². The Morgan fingerprint density at radius 3 is 2.27 bits per heavy atom. The van der Waals surface area contributed by atoms with Crippen LogP contribution in [-0.2, 0) is 0 Å². The summed E-state index contributed by atoms with van der Waals surface area (Å²) >= 11 is 0. The molecule has 0 radical (unpaired) electrons. The van der Waals surface area contributed by atoms with E-state index in [0.29, 0.717) is 37.7 Å². The smallest absolute Gasteiger partial charge is 0.321 e. The molecule has 0 saturated carbocycles. The second kappa shape index (κ2) is 8.36. The van der Waals surface area contributed by atoms with E-state index in [1.54, 1.807) is 11.0 Å². The van der Waals surface area contributed by atoms with Crippen molar-refractivity contribution in [3.05, 3.63) is 82.4 Å². The minimum atomic E-state index is -0.372. The Morgan fingerprint density at radius 1 is 0.933 bits per heavy atom. The third kappa shape index (κ3) is 4.32. The highest BCUT2D eigenvalue weighted by Crippen LogP contribution is 2.15. The van der Waals surface area contributed by atoms with Crippen LogP contribution in [0.4, 0.5) is 20.7 Å². The maximum atomic E-state index is 13.2. The molecule has 30 heavy (non-hydrogen) atoms. The number of halogens is 1. The number of carbonyl (C=O) groups excluding carboxylic acids is 1. The van der Waals surface area contributed by atoms with Crippen LogP contribution in [0.3, 0.4) is 0 Å². The van der Waals surface area contributed by atoms with Crippen LogP contribution < -0.4 is 15.8 Å². The quantitative estimate of drug-likeness (QED) is 0.725. The zero-order chi connectivity index (χ0) is 21.1. The predicted octanol–water partition coefficient (Wildman–Crippen LogP) is 3.03. The van der Waals surface area contributed by atoms with Crippen LogP contribution in [0, 0.1) is 12.7 Å². The summed E-state index contributed by atoms with van der Waals surface area (Å²) in [6.45, 7) is 4.26. The van der Waals surface area contributed by atoms with E-state index in [9.17, 15) is 14.0 Å². The molecule has 1 aliphatic rings. The van der Waals surface area contributed by atoms with Crippen molar-refractivity contribution in [2.45, 2.75) is 6.92 Å². The molecule has 3 aromatic rings. The van der Waals surface area contributed by atoms with Crippen molar-refractivity contribution < 1.29 is 9.18 Å². The van der Waals surface area contributed by atoms with Gasteiger partial charge in [-0.1, -0.05) is 17.7 Å². The van der Waals surface area contributed by atoms with Gasteiger partial charge in [0.05, 0.1) is 5.69 Å². The molecule has 0 atom stereocenters.